The molecule has 2 rings (SSSR count). The maximum absolute atomic E-state index is 12.0. The molecule has 0 aliphatic heterocycles. The van der Waals surface area contributed by atoms with Gasteiger partial charge in [0.1, 0.15) is 11.4 Å². The van der Waals surface area contributed by atoms with Crippen LogP contribution >= 0.6 is 0 Å². The molecule has 24 heavy (non-hydrogen) atoms. The van der Waals surface area contributed by atoms with Crippen LogP contribution in [0.25, 0.3) is 0 Å². The molecule has 1 amide bonds. The zero-order valence-electron chi connectivity index (χ0n) is 14.4. The van der Waals surface area contributed by atoms with Crippen LogP contribution in [-0.4, -0.2) is 36.1 Å². The number of hydrogen-bond donors (Lipinski definition) is 2. The zero-order valence-corrected chi connectivity index (χ0v) is 14.4. The van der Waals surface area contributed by atoms with Gasteiger partial charge in [-0.1, -0.05) is 26.0 Å². The van der Waals surface area contributed by atoms with Gasteiger partial charge in [-0.05, 0) is 36.1 Å². The summed E-state index contributed by atoms with van der Waals surface area (Å²) in [5, 5.41) is 6.00. The summed E-state index contributed by atoms with van der Waals surface area (Å²) in [6.45, 7) is 5.41. The first-order valence-electron chi connectivity index (χ1n) is 8.06. The second kappa shape index (κ2) is 8.86. The summed E-state index contributed by atoms with van der Waals surface area (Å²) >= 11 is 0. The van der Waals surface area contributed by atoms with Crippen molar-refractivity contribution in [3.63, 3.8) is 0 Å². The smallest absolute Gasteiger partial charge is 0.270 e. The molecule has 0 saturated heterocycles. The van der Waals surface area contributed by atoms with Gasteiger partial charge in [0.2, 0.25) is 5.95 Å². The van der Waals surface area contributed by atoms with Gasteiger partial charge in [-0.2, -0.15) is 0 Å². The number of rotatable bonds is 8. The molecule has 2 N–H and O–H groups in total. The Labute approximate surface area is 142 Å². The monoisotopic (exact) mass is 328 g/mol. The Balaban J connectivity index is 1.86. The van der Waals surface area contributed by atoms with Gasteiger partial charge in [-0.25, -0.2) is 9.97 Å². The average molecular weight is 328 g/mol. The third kappa shape index (κ3) is 5.53. The first-order valence-corrected chi connectivity index (χ1v) is 8.06. The molecule has 0 aliphatic rings. The predicted molar refractivity (Wildman–Crippen MR) is 94.4 cm³/mol. The van der Waals surface area contributed by atoms with Gasteiger partial charge < -0.3 is 15.4 Å². The van der Waals surface area contributed by atoms with Crippen molar-refractivity contribution in [2.24, 2.45) is 5.92 Å². The Hall–Kier alpha value is -2.63. The van der Waals surface area contributed by atoms with Gasteiger partial charge in [0.15, 0.2) is 0 Å². The number of nitrogens with zero attached hydrogens (tertiary/aromatic N) is 2. The van der Waals surface area contributed by atoms with Gasteiger partial charge >= 0.3 is 0 Å². The van der Waals surface area contributed by atoms with Crippen LogP contribution in [-0.2, 0) is 6.42 Å². The molecule has 0 spiro atoms. The maximum atomic E-state index is 12.0. The summed E-state index contributed by atoms with van der Waals surface area (Å²) in [6.07, 6.45) is 2.42. The summed E-state index contributed by atoms with van der Waals surface area (Å²) in [6, 6.07) is 9.54. The van der Waals surface area contributed by atoms with E-state index in [1.54, 1.807) is 19.4 Å². The number of benzene rings is 1. The topological polar surface area (TPSA) is 76.1 Å². The van der Waals surface area contributed by atoms with Gasteiger partial charge in [0, 0.05) is 19.3 Å². The molecule has 6 heteroatoms. The summed E-state index contributed by atoms with van der Waals surface area (Å²) < 4.78 is 5.14. The Morgan fingerprint density at radius 3 is 2.62 bits per heavy atom. The van der Waals surface area contributed by atoms with E-state index in [4.69, 9.17) is 4.74 Å². The van der Waals surface area contributed by atoms with Crippen molar-refractivity contribution in [2.75, 3.05) is 25.5 Å². The number of carbonyl (C=O) groups is 1. The van der Waals surface area contributed by atoms with Gasteiger partial charge in [-0.3, -0.25) is 4.79 Å². The highest BCUT2D eigenvalue weighted by Crippen LogP contribution is 2.11. The van der Waals surface area contributed by atoms with Crippen molar-refractivity contribution in [3.05, 3.63) is 47.8 Å². The molecule has 128 valence electrons. The van der Waals surface area contributed by atoms with E-state index in [0.29, 0.717) is 30.6 Å². The normalized spacial score (nSPS) is 10.5. The minimum absolute atomic E-state index is 0.177. The number of hydrogen-bond acceptors (Lipinski definition) is 5. The summed E-state index contributed by atoms with van der Waals surface area (Å²) in [5.74, 6) is 1.53. The third-order valence-electron chi connectivity index (χ3n) is 3.41. The fraction of sp³-hybridized carbons (Fsp3) is 0.389. The molecule has 0 atom stereocenters. The molecule has 0 bridgehead atoms. The molecule has 0 fully saturated rings. The van der Waals surface area contributed by atoms with E-state index in [1.165, 1.54) is 5.56 Å². The van der Waals surface area contributed by atoms with Crippen molar-refractivity contribution in [1.82, 2.24) is 15.3 Å². The van der Waals surface area contributed by atoms with Gasteiger partial charge in [0.05, 0.1) is 7.11 Å². The van der Waals surface area contributed by atoms with Crippen molar-refractivity contribution >= 4 is 11.9 Å². The van der Waals surface area contributed by atoms with Crippen molar-refractivity contribution in [2.45, 2.75) is 20.3 Å². The fourth-order valence-electron chi connectivity index (χ4n) is 2.07. The predicted octanol–water partition coefficient (Wildman–Crippen LogP) is 2.53. The van der Waals surface area contributed by atoms with E-state index >= 15 is 0 Å². The molecule has 0 unspecified atom stereocenters. The largest absolute Gasteiger partial charge is 0.497 e. The van der Waals surface area contributed by atoms with Crippen molar-refractivity contribution in [3.8, 4) is 5.75 Å². The number of nitrogens with one attached hydrogen (secondary N) is 2. The lowest BCUT2D eigenvalue weighted by atomic mass is 10.1. The van der Waals surface area contributed by atoms with E-state index in [-0.39, 0.29) is 5.91 Å². The Bertz CT molecular complexity index is 656. The number of amides is 1. The molecule has 1 aromatic heterocycles. The second-order valence-electron chi connectivity index (χ2n) is 5.89. The first kappa shape index (κ1) is 17.7. The van der Waals surface area contributed by atoms with Crippen LogP contribution in [0.1, 0.15) is 29.9 Å². The molecule has 0 radical (unpaired) electrons. The molecule has 1 aromatic carbocycles. The van der Waals surface area contributed by atoms with E-state index in [2.05, 4.69) is 20.6 Å². The highest BCUT2D eigenvalue weighted by Gasteiger charge is 2.08. The number of anilines is 1. The molecule has 1 heterocycles. The average Bonchev–Trinajstić information content (AvgIpc) is 2.60. The van der Waals surface area contributed by atoms with E-state index in [9.17, 15) is 4.79 Å². The summed E-state index contributed by atoms with van der Waals surface area (Å²) in [7, 11) is 1.65. The molecule has 0 saturated carbocycles. The minimum Gasteiger partial charge on any atom is -0.497 e. The molecule has 6 nitrogen and oxygen atoms in total. The lowest BCUT2D eigenvalue weighted by Gasteiger charge is -2.09. The Morgan fingerprint density at radius 2 is 1.96 bits per heavy atom. The number of methoxy groups -OCH3 is 1. The van der Waals surface area contributed by atoms with Crippen LogP contribution in [0.2, 0.25) is 0 Å². The minimum atomic E-state index is -0.177. The third-order valence-corrected chi connectivity index (χ3v) is 3.41. The van der Waals surface area contributed by atoms with Crippen molar-refractivity contribution in [1.29, 1.82) is 0 Å². The summed E-state index contributed by atoms with van der Waals surface area (Å²) in [5.41, 5.74) is 1.56. The second-order valence-corrected chi connectivity index (χ2v) is 5.89. The Morgan fingerprint density at radius 1 is 1.21 bits per heavy atom. The number of aromatic nitrogens is 2. The molecule has 2 aromatic rings. The van der Waals surface area contributed by atoms with Crippen LogP contribution in [0.4, 0.5) is 5.95 Å². The van der Waals surface area contributed by atoms with Gasteiger partial charge in [0.25, 0.3) is 5.91 Å². The lowest BCUT2D eigenvalue weighted by Crippen LogP contribution is -2.28. The quantitative estimate of drug-likeness (QED) is 0.779. The van der Waals surface area contributed by atoms with Crippen LogP contribution in [0, 0.1) is 5.92 Å². The molecular weight excluding hydrogens is 304 g/mol. The number of ether oxygens (including phenoxy) is 1. The number of carbonyl (C=O) groups excluding carboxylic acids is 1. The molecular formula is C18H24N4O2. The standard InChI is InChI=1S/C18H24N4O2/c1-13(2)12-21-17(23)16-9-11-20-18(22-16)19-10-8-14-4-6-15(24-3)7-5-14/h4-7,9,11,13H,8,10,12H2,1-3H3,(H,21,23)(H,19,20,22). The fourth-order valence-corrected chi connectivity index (χ4v) is 2.07. The maximum Gasteiger partial charge on any atom is 0.270 e. The molecule has 0 aliphatic carbocycles. The van der Waals surface area contributed by atoms with E-state index in [1.807, 2.05) is 38.1 Å². The highest BCUT2D eigenvalue weighted by molar-refractivity contribution is 5.92. The first-order chi connectivity index (χ1) is 11.6. The lowest BCUT2D eigenvalue weighted by molar-refractivity contribution is 0.0944. The highest BCUT2D eigenvalue weighted by atomic mass is 16.5. The van der Waals surface area contributed by atoms with Crippen molar-refractivity contribution < 1.29 is 9.53 Å². The van der Waals surface area contributed by atoms with Gasteiger partial charge in [-0.15, -0.1) is 0 Å². The van der Waals surface area contributed by atoms with Crippen LogP contribution in [0.5, 0.6) is 5.75 Å². The summed E-state index contributed by atoms with van der Waals surface area (Å²) in [4.78, 5) is 20.4. The van der Waals surface area contributed by atoms with E-state index in [0.717, 1.165) is 12.2 Å². The van der Waals surface area contributed by atoms with Crippen LogP contribution in [0.15, 0.2) is 36.5 Å². The SMILES string of the molecule is COc1ccc(CCNc2nccc(C(=O)NCC(C)C)n2)cc1. The van der Waals surface area contributed by atoms with E-state index < -0.39 is 0 Å². The van der Waals surface area contributed by atoms with Crippen LogP contribution < -0.4 is 15.4 Å². The zero-order chi connectivity index (χ0) is 17.4. The van der Waals surface area contributed by atoms with Crippen LogP contribution in [0.3, 0.4) is 0 Å². The Kier molecular flexibility index (Phi) is 6.54.